The number of hydrogen-bond donors (Lipinski definition) is 1. The lowest BCUT2D eigenvalue weighted by molar-refractivity contribution is -0.115. The number of benzene rings is 1. The summed E-state index contributed by atoms with van der Waals surface area (Å²) in [6.07, 6.45) is 2.62. The van der Waals surface area contributed by atoms with Gasteiger partial charge < -0.3 is 14.3 Å². The topological polar surface area (TPSA) is 73.0 Å². The number of nitrogens with one attached hydrogen (secondary N) is 1. The van der Waals surface area contributed by atoms with Crippen molar-refractivity contribution >= 4 is 23.4 Å². The highest BCUT2D eigenvalue weighted by molar-refractivity contribution is 8.00. The van der Waals surface area contributed by atoms with Gasteiger partial charge in [-0.1, -0.05) is 43.8 Å². The Bertz CT molecular complexity index is 905. The average molecular weight is 385 g/mol. The standard InChI is InChI=1S/C20H24N4O2S/c1-5-13(2)15-9-6-7-10-16(15)21-19(25)14(3)27-20-23-22-18(24(20)4)17-11-8-12-26-17/h6-14H,5H2,1-4H3,(H,21,25)/t13-,14-/m0/s1. The molecule has 0 radical (unpaired) electrons. The van der Waals surface area contributed by atoms with Crippen molar-refractivity contribution < 1.29 is 9.21 Å². The molecule has 6 nitrogen and oxygen atoms in total. The van der Waals surface area contributed by atoms with E-state index in [4.69, 9.17) is 4.42 Å². The van der Waals surface area contributed by atoms with Crippen molar-refractivity contribution in [1.29, 1.82) is 0 Å². The number of anilines is 1. The number of furan rings is 1. The van der Waals surface area contributed by atoms with Crippen LogP contribution in [0.5, 0.6) is 0 Å². The summed E-state index contributed by atoms with van der Waals surface area (Å²) < 4.78 is 7.21. The predicted molar refractivity (Wildman–Crippen MR) is 108 cm³/mol. The number of thioether (sulfide) groups is 1. The molecule has 3 aromatic rings. The Balaban J connectivity index is 1.71. The molecule has 0 saturated carbocycles. The zero-order valence-electron chi connectivity index (χ0n) is 16.0. The first kappa shape index (κ1) is 19.2. The van der Waals surface area contributed by atoms with E-state index < -0.39 is 0 Å². The fourth-order valence-electron chi connectivity index (χ4n) is 2.74. The van der Waals surface area contributed by atoms with Crippen molar-refractivity contribution in [3.63, 3.8) is 0 Å². The van der Waals surface area contributed by atoms with Crippen LogP contribution in [-0.4, -0.2) is 25.9 Å². The third-order valence-electron chi connectivity index (χ3n) is 4.59. The summed E-state index contributed by atoms with van der Waals surface area (Å²) in [7, 11) is 1.86. The van der Waals surface area contributed by atoms with Crippen LogP contribution in [0.15, 0.2) is 52.2 Å². The maximum absolute atomic E-state index is 12.7. The molecule has 0 spiro atoms. The largest absolute Gasteiger partial charge is 0.461 e. The molecule has 2 heterocycles. The Morgan fingerprint density at radius 3 is 2.70 bits per heavy atom. The van der Waals surface area contributed by atoms with Gasteiger partial charge in [-0.25, -0.2) is 0 Å². The second-order valence-electron chi connectivity index (χ2n) is 6.49. The van der Waals surface area contributed by atoms with E-state index in [9.17, 15) is 4.79 Å². The SMILES string of the molecule is CC[C@H](C)c1ccccc1NC(=O)[C@H](C)Sc1nnc(-c2ccco2)n1C. The van der Waals surface area contributed by atoms with Crippen LogP contribution in [-0.2, 0) is 11.8 Å². The van der Waals surface area contributed by atoms with E-state index in [2.05, 4.69) is 35.4 Å². The molecule has 2 aromatic heterocycles. The number of para-hydroxylation sites is 1. The van der Waals surface area contributed by atoms with E-state index >= 15 is 0 Å². The highest BCUT2D eigenvalue weighted by atomic mass is 32.2. The molecule has 142 valence electrons. The van der Waals surface area contributed by atoms with Gasteiger partial charge in [0.25, 0.3) is 0 Å². The van der Waals surface area contributed by atoms with Gasteiger partial charge in [-0.3, -0.25) is 4.79 Å². The van der Waals surface area contributed by atoms with E-state index in [1.807, 2.05) is 48.9 Å². The number of amides is 1. The summed E-state index contributed by atoms with van der Waals surface area (Å²) in [5.41, 5.74) is 2.03. The van der Waals surface area contributed by atoms with Gasteiger partial charge in [-0.2, -0.15) is 0 Å². The molecule has 7 heteroatoms. The molecule has 0 aliphatic rings. The molecule has 1 aromatic carbocycles. The lowest BCUT2D eigenvalue weighted by atomic mass is 9.97. The molecule has 0 bridgehead atoms. The molecule has 0 unspecified atom stereocenters. The van der Waals surface area contributed by atoms with E-state index in [-0.39, 0.29) is 11.2 Å². The molecular formula is C20H24N4O2S. The quantitative estimate of drug-likeness (QED) is 0.597. The Kier molecular flexibility index (Phi) is 6.01. The first-order valence-corrected chi connectivity index (χ1v) is 9.89. The normalized spacial score (nSPS) is 13.3. The Hall–Kier alpha value is -2.54. The van der Waals surface area contributed by atoms with Gasteiger partial charge in [0.15, 0.2) is 16.7 Å². The van der Waals surface area contributed by atoms with E-state index in [0.717, 1.165) is 17.7 Å². The summed E-state index contributed by atoms with van der Waals surface area (Å²) in [5.74, 6) is 1.62. The lowest BCUT2D eigenvalue weighted by Crippen LogP contribution is -2.23. The smallest absolute Gasteiger partial charge is 0.237 e. The fraction of sp³-hybridized carbons (Fsp3) is 0.350. The molecule has 27 heavy (non-hydrogen) atoms. The lowest BCUT2D eigenvalue weighted by Gasteiger charge is -2.17. The summed E-state index contributed by atoms with van der Waals surface area (Å²) in [5, 5.41) is 11.8. The molecule has 2 atom stereocenters. The molecule has 3 rings (SSSR count). The maximum Gasteiger partial charge on any atom is 0.237 e. The third kappa shape index (κ3) is 4.24. The summed E-state index contributed by atoms with van der Waals surface area (Å²) in [6.45, 7) is 6.18. The first-order valence-electron chi connectivity index (χ1n) is 9.01. The Morgan fingerprint density at radius 2 is 2.00 bits per heavy atom. The molecule has 1 amide bonds. The number of carbonyl (C=O) groups is 1. The van der Waals surface area contributed by atoms with Crippen molar-refractivity contribution in [2.45, 2.75) is 43.5 Å². The van der Waals surface area contributed by atoms with Crippen LogP contribution in [0.3, 0.4) is 0 Å². The fourth-order valence-corrected chi connectivity index (χ4v) is 3.56. The predicted octanol–water partition coefficient (Wildman–Crippen LogP) is 4.71. The molecule has 0 aliphatic carbocycles. The first-order chi connectivity index (χ1) is 13.0. The van der Waals surface area contributed by atoms with Gasteiger partial charge in [-0.05, 0) is 43.0 Å². The van der Waals surface area contributed by atoms with Gasteiger partial charge in [0.1, 0.15) is 0 Å². The van der Waals surface area contributed by atoms with Gasteiger partial charge in [0.05, 0.1) is 11.5 Å². The van der Waals surface area contributed by atoms with Crippen LogP contribution in [0.1, 0.15) is 38.7 Å². The Morgan fingerprint density at radius 1 is 1.22 bits per heavy atom. The highest BCUT2D eigenvalue weighted by Gasteiger charge is 2.21. The monoisotopic (exact) mass is 384 g/mol. The number of aromatic nitrogens is 3. The van der Waals surface area contributed by atoms with Gasteiger partial charge >= 0.3 is 0 Å². The van der Waals surface area contributed by atoms with Crippen molar-refractivity contribution in [2.24, 2.45) is 7.05 Å². The van der Waals surface area contributed by atoms with Crippen molar-refractivity contribution in [3.05, 3.63) is 48.2 Å². The average Bonchev–Trinajstić information content (AvgIpc) is 3.32. The van der Waals surface area contributed by atoms with Crippen molar-refractivity contribution in [3.8, 4) is 11.6 Å². The Labute approximate surface area is 163 Å². The number of nitrogens with zero attached hydrogens (tertiary/aromatic N) is 3. The van der Waals surface area contributed by atoms with Gasteiger partial charge in [-0.15, -0.1) is 10.2 Å². The van der Waals surface area contributed by atoms with Crippen LogP contribution in [0.4, 0.5) is 5.69 Å². The number of carbonyl (C=O) groups excluding carboxylic acids is 1. The van der Waals surface area contributed by atoms with Crippen molar-refractivity contribution in [1.82, 2.24) is 14.8 Å². The van der Waals surface area contributed by atoms with Gasteiger partial charge in [0, 0.05) is 12.7 Å². The van der Waals surface area contributed by atoms with E-state index in [0.29, 0.717) is 22.7 Å². The maximum atomic E-state index is 12.7. The minimum atomic E-state index is -0.317. The van der Waals surface area contributed by atoms with Crippen LogP contribution < -0.4 is 5.32 Å². The highest BCUT2D eigenvalue weighted by Crippen LogP contribution is 2.29. The van der Waals surface area contributed by atoms with Crippen LogP contribution >= 0.6 is 11.8 Å². The number of hydrogen-bond acceptors (Lipinski definition) is 5. The number of rotatable bonds is 7. The minimum absolute atomic E-state index is 0.0571. The van der Waals surface area contributed by atoms with Crippen LogP contribution in [0.25, 0.3) is 11.6 Å². The molecular weight excluding hydrogens is 360 g/mol. The van der Waals surface area contributed by atoms with Crippen LogP contribution in [0, 0.1) is 0 Å². The third-order valence-corrected chi connectivity index (χ3v) is 5.72. The second kappa shape index (κ2) is 8.43. The minimum Gasteiger partial charge on any atom is -0.461 e. The van der Waals surface area contributed by atoms with Crippen LogP contribution in [0.2, 0.25) is 0 Å². The van der Waals surface area contributed by atoms with E-state index in [1.165, 1.54) is 11.8 Å². The summed E-state index contributed by atoms with van der Waals surface area (Å²) >= 11 is 1.37. The molecule has 0 aliphatic heterocycles. The summed E-state index contributed by atoms with van der Waals surface area (Å²) in [4.78, 5) is 12.7. The molecule has 0 saturated heterocycles. The van der Waals surface area contributed by atoms with E-state index in [1.54, 1.807) is 6.26 Å². The van der Waals surface area contributed by atoms with Crippen molar-refractivity contribution in [2.75, 3.05) is 5.32 Å². The van der Waals surface area contributed by atoms with Gasteiger partial charge in [0.2, 0.25) is 5.91 Å². The molecule has 0 fully saturated rings. The molecule has 1 N–H and O–H groups in total. The zero-order chi connectivity index (χ0) is 19.4. The summed E-state index contributed by atoms with van der Waals surface area (Å²) in [6, 6.07) is 11.6. The zero-order valence-corrected chi connectivity index (χ0v) is 16.8. The second-order valence-corrected chi connectivity index (χ2v) is 7.80.